The number of amides is 2. The lowest BCUT2D eigenvalue weighted by molar-refractivity contribution is -0.121. The average molecular weight is 365 g/mol. The number of nitrogens with one attached hydrogen (secondary N) is 2. The molecule has 0 aliphatic heterocycles. The van der Waals surface area contributed by atoms with Gasteiger partial charge in [0.2, 0.25) is 5.91 Å². The van der Waals surface area contributed by atoms with E-state index in [9.17, 15) is 9.59 Å². The predicted molar refractivity (Wildman–Crippen MR) is 95.0 cm³/mol. The summed E-state index contributed by atoms with van der Waals surface area (Å²) in [5, 5.41) is 6.10. The first kappa shape index (κ1) is 18.9. The highest BCUT2D eigenvalue weighted by atomic mass is 35.5. The molecule has 0 saturated heterocycles. The number of ether oxygens (including phenoxy) is 1. The van der Waals surface area contributed by atoms with Crippen LogP contribution in [0, 0.1) is 6.92 Å². The number of benzene rings is 1. The molecular weight excluding hydrogens is 344 g/mol. The third kappa shape index (κ3) is 6.51. The van der Waals surface area contributed by atoms with Gasteiger partial charge in [-0.2, -0.15) is 0 Å². The SMILES string of the molecule is Cc1cc(OCCCC(=O)NCCNC(=O)c2ccco2)ccc1Cl. The molecule has 0 saturated carbocycles. The van der Waals surface area contributed by atoms with Gasteiger partial charge in [0.15, 0.2) is 5.76 Å². The van der Waals surface area contributed by atoms with Crippen molar-refractivity contribution in [3.63, 3.8) is 0 Å². The maximum atomic E-state index is 11.7. The fourth-order valence-corrected chi connectivity index (χ4v) is 2.21. The van der Waals surface area contributed by atoms with Gasteiger partial charge in [-0.3, -0.25) is 9.59 Å². The van der Waals surface area contributed by atoms with E-state index >= 15 is 0 Å². The van der Waals surface area contributed by atoms with Crippen molar-refractivity contribution in [1.29, 1.82) is 0 Å². The second-order valence-corrected chi connectivity index (χ2v) is 5.85. The van der Waals surface area contributed by atoms with Crippen LogP contribution < -0.4 is 15.4 Å². The molecule has 6 nitrogen and oxygen atoms in total. The number of aryl methyl sites for hydroxylation is 1. The molecule has 0 aliphatic carbocycles. The normalized spacial score (nSPS) is 10.3. The predicted octanol–water partition coefficient (Wildman–Crippen LogP) is 2.95. The van der Waals surface area contributed by atoms with Crippen molar-refractivity contribution in [3.8, 4) is 5.75 Å². The van der Waals surface area contributed by atoms with E-state index in [1.54, 1.807) is 24.3 Å². The molecule has 0 radical (unpaired) electrons. The third-order valence-electron chi connectivity index (χ3n) is 3.42. The first-order valence-electron chi connectivity index (χ1n) is 8.03. The summed E-state index contributed by atoms with van der Waals surface area (Å²) in [6.45, 7) is 3.06. The Morgan fingerprint density at radius 1 is 1.20 bits per heavy atom. The van der Waals surface area contributed by atoms with Gasteiger partial charge in [-0.25, -0.2) is 0 Å². The van der Waals surface area contributed by atoms with E-state index in [2.05, 4.69) is 10.6 Å². The Kier molecular flexibility index (Phi) is 7.35. The van der Waals surface area contributed by atoms with Gasteiger partial charge < -0.3 is 19.8 Å². The fraction of sp³-hybridized carbons (Fsp3) is 0.333. The fourth-order valence-electron chi connectivity index (χ4n) is 2.09. The minimum absolute atomic E-state index is 0.0804. The van der Waals surface area contributed by atoms with Crippen molar-refractivity contribution in [2.45, 2.75) is 19.8 Å². The summed E-state index contributed by atoms with van der Waals surface area (Å²) < 4.78 is 10.6. The van der Waals surface area contributed by atoms with Crippen molar-refractivity contribution in [2.24, 2.45) is 0 Å². The highest BCUT2D eigenvalue weighted by molar-refractivity contribution is 6.31. The molecule has 0 fully saturated rings. The summed E-state index contributed by atoms with van der Waals surface area (Å²) in [6.07, 6.45) is 2.40. The zero-order chi connectivity index (χ0) is 18.1. The van der Waals surface area contributed by atoms with E-state index in [-0.39, 0.29) is 17.6 Å². The van der Waals surface area contributed by atoms with E-state index in [1.807, 2.05) is 13.0 Å². The topological polar surface area (TPSA) is 80.6 Å². The van der Waals surface area contributed by atoms with Gasteiger partial charge in [0.05, 0.1) is 12.9 Å². The van der Waals surface area contributed by atoms with Gasteiger partial charge in [-0.05, 0) is 49.2 Å². The molecule has 0 atom stereocenters. The van der Waals surface area contributed by atoms with Crippen molar-refractivity contribution in [2.75, 3.05) is 19.7 Å². The van der Waals surface area contributed by atoms with Gasteiger partial charge in [-0.15, -0.1) is 0 Å². The number of carbonyl (C=O) groups is 2. The maximum Gasteiger partial charge on any atom is 0.287 e. The quantitative estimate of drug-likeness (QED) is 0.670. The lowest BCUT2D eigenvalue weighted by Crippen LogP contribution is -2.34. The van der Waals surface area contributed by atoms with Crippen LogP contribution in [-0.2, 0) is 4.79 Å². The molecule has 0 unspecified atom stereocenters. The molecule has 25 heavy (non-hydrogen) atoms. The molecule has 1 aromatic heterocycles. The van der Waals surface area contributed by atoms with Crippen LogP contribution in [0.4, 0.5) is 0 Å². The molecule has 1 heterocycles. The molecule has 0 aliphatic rings. The van der Waals surface area contributed by atoms with Crippen LogP contribution in [0.3, 0.4) is 0 Å². The monoisotopic (exact) mass is 364 g/mol. The van der Waals surface area contributed by atoms with E-state index in [0.29, 0.717) is 37.6 Å². The Labute approximate surface area is 151 Å². The van der Waals surface area contributed by atoms with Crippen molar-refractivity contribution < 1.29 is 18.7 Å². The molecular formula is C18H21ClN2O4. The number of carbonyl (C=O) groups excluding carboxylic acids is 2. The zero-order valence-corrected chi connectivity index (χ0v) is 14.8. The van der Waals surface area contributed by atoms with Crippen LogP contribution in [0.5, 0.6) is 5.75 Å². The van der Waals surface area contributed by atoms with E-state index in [1.165, 1.54) is 6.26 Å². The van der Waals surface area contributed by atoms with E-state index in [4.69, 9.17) is 20.8 Å². The number of rotatable bonds is 9. The molecule has 1 aromatic carbocycles. The van der Waals surface area contributed by atoms with Crippen molar-refractivity contribution >= 4 is 23.4 Å². The third-order valence-corrected chi connectivity index (χ3v) is 3.85. The zero-order valence-electron chi connectivity index (χ0n) is 14.0. The van der Waals surface area contributed by atoms with Crippen LogP contribution in [0.15, 0.2) is 41.0 Å². The van der Waals surface area contributed by atoms with Gasteiger partial charge in [0.25, 0.3) is 5.91 Å². The largest absolute Gasteiger partial charge is 0.494 e. The molecule has 2 N–H and O–H groups in total. The number of hydrogen-bond donors (Lipinski definition) is 2. The van der Waals surface area contributed by atoms with Crippen LogP contribution >= 0.6 is 11.6 Å². The Bertz CT molecular complexity index is 701. The summed E-state index contributed by atoms with van der Waals surface area (Å²) in [5.74, 6) is 0.609. The summed E-state index contributed by atoms with van der Waals surface area (Å²) in [5.41, 5.74) is 0.952. The molecule has 0 bridgehead atoms. The van der Waals surface area contributed by atoms with Crippen molar-refractivity contribution in [1.82, 2.24) is 10.6 Å². The first-order valence-corrected chi connectivity index (χ1v) is 8.41. The Morgan fingerprint density at radius 3 is 2.72 bits per heavy atom. The number of halogens is 1. The van der Waals surface area contributed by atoms with Gasteiger partial charge in [-0.1, -0.05) is 11.6 Å². The Morgan fingerprint density at radius 2 is 2.00 bits per heavy atom. The highest BCUT2D eigenvalue weighted by Crippen LogP contribution is 2.21. The van der Waals surface area contributed by atoms with Crippen LogP contribution in [0.2, 0.25) is 5.02 Å². The molecule has 2 aromatic rings. The Hall–Kier alpha value is -2.47. The second kappa shape index (κ2) is 9.74. The minimum Gasteiger partial charge on any atom is -0.494 e. The van der Waals surface area contributed by atoms with Crippen LogP contribution in [0.1, 0.15) is 29.0 Å². The lowest BCUT2D eigenvalue weighted by atomic mass is 10.2. The van der Waals surface area contributed by atoms with Gasteiger partial charge in [0.1, 0.15) is 5.75 Å². The van der Waals surface area contributed by atoms with Gasteiger partial charge in [0, 0.05) is 24.5 Å². The summed E-state index contributed by atoms with van der Waals surface area (Å²) in [4.78, 5) is 23.3. The minimum atomic E-state index is -0.300. The molecule has 2 rings (SSSR count). The van der Waals surface area contributed by atoms with E-state index in [0.717, 1.165) is 11.3 Å². The van der Waals surface area contributed by atoms with Crippen LogP contribution in [-0.4, -0.2) is 31.5 Å². The maximum absolute atomic E-state index is 11.7. The van der Waals surface area contributed by atoms with E-state index < -0.39 is 0 Å². The molecule has 7 heteroatoms. The first-order chi connectivity index (χ1) is 12.1. The van der Waals surface area contributed by atoms with Gasteiger partial charge >= 0.3 is 0 Å². The Balaban J connectivity index is 1.53. The standard InChI is InChI=1S/C18H21ClN2O4/c1-13-12-14(6-7-15(13)19)24-10-3-5-17(22)20-8-9-21-18(23)16-4-2-11-25-16/h2,4,6-7,11-12H,3,5,8-10H2,1H3,(H,20,22)(H,21,23). The van der Waals surface area contributed by atoms with Crippen molar-refractivity contribution in [3.05, 3.63) is 52.9 Å². The number of furan rings is 1. The van der Waals surface area contributed by atoms with Crippen LogP contribution in [0.25, 0.3) is 0 Å². The summed E-state index contributed by atoms with van der Waals surface area (Å²) >= 11 is 5.95. The molecule has 2 amide bonds. The number of hydrogen-bond acceptors (Lipinski definition) is 4. The average Bonchev–Trinajstić information content (AvgIpc) is 3.13. The molecule has 0 spiro atoms. The molecule has 134 valence electrons. The lowest BCUT2D eigenvalue weighted by Gasteiger charge is -2.08. The highest BCUT2D eigenvalue weighted by Gasteiger charge is 2.07. The smallest absolute Gasteiger partial charge is 0.287 e. The second-order valence-electron chi connectivity index (χ2n) is 5.45. The summed E-state index contributed by atoms with van der Waals surface area (Å²) in [7, 11) is 0. The summed E-state index contributed by atoms with van der Waals surface area (Å²) in [6, 6.07) is 8.68.